The minimum absolute atomic E-state index is 0.133. The summed E-state index contributed by atoms with van der Waals surface area (Å²) in [5.74, 6) is 2.73. The summed E-state index contributed by atoms with van der Waals surface area (Å²) in [7, 11) is 0. The Labute approximate surface area is 81.0 Å². The third-order valence-electron chi connectivity index (χ3n) is 2.14. The van der Waals surface area contributed by atoms with Crippen LogP contribution in [-0.4, -0.2) is 0 Å². The van der Waals surface area contributed by atoms with E-state index in [0.29, 0.717) is 0 Å². The van der Waals surface area contributed by atoms with E-state index in [-0.39, 0.29) is 5.41 Å². The largest absolute Gasteiger partial charge is 0.115 e. The quantitative estimate of drug-likeness (QED) is 0.527. The van der Waals surface area contributed by atoms with Gasteiger partial charge in [0, 0.05) is 5.56 Å². The molecule has 0 spiro atoms. The average molecular weight is 172 g/mol. The van der Waals surface area contributed by atoms with Crippen LogP contribution >= 0.6 is 0 Å². The van der Waals surface area contributed by atoms with Crippen molar-refractivity contribution in [2.45, 2.75) is 33.1 Å². The summed E-state index contributed by atoms with van der Waals surface area (Å²) < 4.78 is 0. The number of aryl methyl sites for hydroxylation is 1. The van der Waals surface area contributed by atoms with Crippen molar-refractivity contribution in [3.05, 3.63) is 34.9 Å². The van der Waals surface area contributed by atoms with Crippen molar-refractivity contribution in [2.75, 3.05) is 0 Å². The molecule has 0 nitrogen and oxygen atoms in total. The zero-order chi connectivity index (χ0) is 10.1. The van der Waals surface area contributed by atoms with E-state index >= 15 is 0 Å². The fourth-order valence-electron chi connectivity index (χ4n) is 1.40. The Morgan fingerprint density at radius 3 is 2.31 bits per heavy atom. The molecule has 0 saturated carbocycles. The molecule has 1 aromatic rings. The number of hydrogen-bond acceptors (Lipinski definition) is 0. The number of terminal acetylenes is 1. The second-order valence-electron chi connectivity index (χ2n) is 4.44. The van der Waals surface area contributed by atoms with Crippen LogP contribution in [0.1, 0.15) is 37.5 Å². The molecule has 0 aliphatic heterocycles. The Morgan fingerprint density at radius 1 is 1.23 bits per heavy atom. The molecule has 0 amide bonds. The molecular formula is C13H16. The van der Waals surface area contributed by atoms with Gasteiger partial charge in [-0.2, -0.15) is 0 Å². The first kappa shape index (κ1) is 9.86. The predicted octanol–water partition coefficient (Wildman–Crippen LogP) is 3.27. The monoisotopic (exact) mass is 172 g/mol. The second-order valence-corrected chi connectivity index (χ2v) is 4.44. The number of rotatable bonds is 0. The van der Waals surface area contributed by atoms with Crippen LogP contribution in [0.5, 0.6) is 0 Å². The maximum atomic E-state index is 5.45. The maximum absolute atomic E-state index is 5.45. The van der Waals surface area contributed by atoms with Crippen LogP contribution in [0.25, 0.3) is 0 Å². The van der Waals surface area contributed by atoms with Gasteiger partial charge in [0.05, 0.1) is 0 Å². The molecule has 0 heterocycles. The summed E-state index contributed by atoms with van der Waals surface area (Å²) in [6, 6.07) is 6.26. The van der Waals surface area contributed by atoms with E-state index in [1.54, 1.807) is 0 Å². The molecular weight excluding hydrogens is 156 g/mol. The Bertz CT molecular complexity index is 345. The summed E-state index contributed by atoms with van der Waals surface area (Å²) in [5.41, 5.74) is 3.67. The normalized spacial score (nSPS) is 11.0. The number of benzene rings is 1. The molecule has 0 atom stereocenters. The van der Waals surface area contributed by atoms with Gasteiger partial charge >= 0.3 is 0 Å². The summed E-state index contributed by atoms with van der Waals surface area (Å²) >= 11 is 0. The smallest absolute Gasteiger partial charge is 0.0280 e. The molecule has 1 rings (SSSR count). The van der Waals surface area contributed by atoms with Gasteiger partial charge in [-0.3, -0.25) is 0 Å². The lowest BCUT2D eigenvalue weighted by atomic mass is 9.83. The van der Waals surface area contributed by atoms with Crippen LogP contribution in [0, 0.1) is 19.3 Å². The predicted molar refractivity (Wildman–Crippen MR) is 57.8 cm³/mol. The summed E-state index contributed by atoms with van der Waals surface area (Å²) in [6.45, 7) is 8.64. The lowest BCUT2D eigenvalue weighted by Crippen LogP contribution is -2.13. The molecule has 0 aliphatic carbocycles. The van der Waals surface area contributed by atoms with Gasteiger partial charge in [0.25, 0.3) is 0 Å². The van der Waals surface area contributed by atoms with Crippen molar-refractivity contribution in [3.63, 3.8) is 0 Å². The van der Waals surface area contributed by atoms with Crippen LogP contribution in [0.2, 0.25) is 0 Å². The SMILES string of the molecule is C#Cc1ccc(C)cc1C(C)(C)C. The molecule has 0 N–H and O–H groups in total. The molecule has 0 saturated heterocycles. The fourth-order valence-corrected chi connectivity index (χ4v) is 1.40. The van der Waals surface area contributed by atoms with E-state index in [9.17, 15) is 0 Å². The van der Waals surface area contributed by atoms with Crippen molar-refractivity contribution >= 4 is 0 Å². The lowest BCUT2D eigenvalue weighted by Gasteiger charge is -2.21. The van der Waals surface area contributed by atoms with Crippen LogP contribution in [-0.2, 0) is 5.41 Å². The van der Waals surface area contributed by atoms with Gasteiger partial charge < -0.3 is 0 Å². The maximum Gasteiger partial charge on any atom is 0.0280 e. The number of hydrogen-bond donors (Lipinski definition) is 0. The summed E-state index contributed by atoms with van der Waals surface area (Å²) in [5, 5.41) is 0. The zero-order valence-corrected chi connectivity index (χ0v) is 8.81. The van der Waals surface area contributed by atoms with Gasteiger partial charge in [0.2, 0.25) is 0 Å². The Morgan fingerprint density at radius 2 is 1.85 bits per heavy atom. The second kappa shape index (κ2) is 3.26. The van der Waals surface area contributed by atoms with Crippen molar-refractivity contribution in [1.29, 1.82) is 0 Å². The van der Waals surface area contributed by atoms with E-state index in [1.807, 2.05) is 6.07 Å². The third-order valence-corrected chi connectivity index (χ3v) is 2.14. The van der Waals surface area contributed by atoms with Gasteiger partial charge in [-0.1, -0.05) is 44.4 Å². The van der Waals surface area contributed by atoms with E-state index < -0.39 is 0 Å². The molecule has 0 fully saturated rings. The molecule has 0 bridgehead atoms. The van der Waals surface area contributed by atoms with Crippen LogP contribution < -0.4 is 0 Å². The van der Waals surface area contributed by atoms with Gasteiger partial charge in [-0.15, -0.1) is 6.42 Å². The average Bonchev–Trinajstić information content (AvgIpc) is 2.03. The zero-order valence-electron chi connectivity index (χ0n) is 8.81. The molecule has 0 radical (unpaired) electrons. The minimum Gasteiger partial charge on any atom is -0.115 e. The van der Waals surface area contributed by atoms with Gasteiger partial charge in [0.1, 0.15) is 0 Å². The molecule has 68 valence electrons. The Balaban J connectivity index is 3.35. The highest BCUT2D eigenvalue weighted by Crippen LogP contribution is 2.26. The summed E-state index contributed by atoms with van der Waals surface area (Å²) in [4.78, 5) is 0. The first-order valence-electron chi connectivity index (χ1n) is 4.53. The minimum atomic E-state index is 0.133. The lowest BCUT2D eigenvalue weighted by molar-refractivity contribution is 0.588. The van der Waals surface area contributed by atoms with Crippen molar-refractivity contribution < 1.29 is 0 Å². The van der Waals surface area contributed by atoms with Crippen molar-refractivity contribution in [2.24, 2.45) is 0 Å². The van der Waals surface area contributed by atoms with E-state index in [2.05, 4.69) is 45.7 Å². The van der Waals surface area contributed by atoms with E-state index in [4.69, 9.17) is 6.42 Å². The molecule has 1 aromatic carbocycles. The highest BCUT2D eigenvalue weighted by molar-refractivity contribution is 5.45. The van der Waals surface area contributed by atoms with E-state index in [0.717, 1.165) is 5.56 Å². The van der Waals surface area contributed by atoms with E-state index in [1.165, 1.54) is 11.1 Å². The highest BCUT2D eigenvalue weighted by Gasteiger charge is 2.16. The molecule has 0 aromatic heterocycles. The van der Waals surface area contributed by atoms with Crippen LogP contribution in [0.4, 0.5) is 0 Å². The molecule has 0 unspecified atom stereocenters. The molecule has 0 aliphatic rings. The van der Waals surface area contributed by atoms with Gasteiger partial charge in [0.15, 0.2) is 0 Å². The van der Waals surface area contributed by atoms with Gasteiger partial charge in [-0.05, 0) is 24.0 Å². The Hall–Kier alpha value is -1.22. The molecule has 0 heteroatoms. The highest BCUT2D eigenvalue weighted by atomic mass is 14.2. The first-order chi connectivity index (χ1) is 5.95. The van der Waals surface area contributed by atoms with Crippen molar-refractivity contribution in [1.82, 2.24) is 0 Å². The molecule has 13 heavy (non-hydrogen) atoms. The Kier molecular flexibility index (Phi) is 2.48. The standard InChI is InChI=1S/C13H16/c1-6-11-8-7-10(2)9-12(11)13(3,4)5/h1,7-9H,2-5H3. The third kappa shape index (κ3) is 2.12. The van der Waals surface area contributed by atoms with Crippen molar-refractivity contribution in [3.8, 4) is 12.3 Å². The topological polar surface area (TPSA) is 0 Å². The summed E-state index contributed by atoms with van der Waals surface area (Å²) in [6.07, 6.45) is 5.45. The first-order valence-corrected chi connectivity index (χ1v) is 4.53. The van der Waals surface area contributed by atoms with Crippen LogP contribution in [0.15, 0.2) is 18.2 Å². The fraction of sp³-hybridized carbons (Fsp3) is 0.385. The van der Waals surface area contributed by atoms with Gasteiger partial charge in [-0.25, -0.2) is 0 Å². The van der Waals surface area contributed by atoms with Crippen LogP contribution in [0.3, 0.4) is 0 Å².